The molecule has 8 heteroatoms. The van der Waals surface area contributed by atoms with Crippen molar-refractivity contribution in [3.63, 3.8) is 0 Å². The summed E-state index contributed by atoms with van der Waals surface area (Å²) in [5.41, 5.74) is -0.407. The highest BCUT2D eigenvalue weighted by Gasteiger charge is 2.26. The third-order valence-corrected chi connectivity index (χ3v) is 2.95. The maximum Gasteiger partial charge on any atom is 0.327 e. The zero-order chi connectivity index (χ0) is 13.7. The molecule has 1 fully saturated rings. The highest BCUT2D eigenvalue weighted by Crippen LogP contribution is 2.17. The summed E-state index contributed by atoms with van der Waals surface area (Å²) in [5.74, 6) is 0.266. The van der Waals surface area contributed by atoms with Gasteiger partial charge in [0.05, 0.1) is 20.3 Å². The summed E-state index contributed by atoms with van der Waals surface area (Å²) in [6.07, 6.45) is 3.05. The number of hydrazine groups is 1. The van der Waals surface area contributed by atoms with Gasteiger partial charge < -0.3 is 9.47 Å². The van der Waals surface area contributed by atoms with Crippen molar-refractivity contribution in [2.24, 2.45) is 0 Å². The Morgan fingerprint density at radius 1 is 1.74 bits per heavy atom. The van der Waals surface area contributed by atoms with E-state index in [0.29, 0.717) is 25.5 Å². The fraction of sp³-hybridized carbons (Fsp3) is 0.545. The predicted octanol–water partition coefficient (Wildman–Crippen LogP) is 0.268. The normalized spacial score (nSPS) is 20.0. The second-order valence-electron chi connectivity index (χ2n) is 3.89. The number of nitrogens with zero attached hydrogens (tertiary/aromatic N) is 4. The average molecular weight is 287 g/mol. The minimum Gasteiger partial charge on any atom is -0.468 e. The predicted molar refractivity (Wildman–Crippen MR) is 68.6 cm³/mol. The number of morpholine rings is 1. The molecule has 0 amide bonds. The number of esters is 1. The highest BCUT2D eigenvalue weighted by molar-refractivity contribution is 6.19. The van der Waals surface area contributed by atoms with Gasteiger partial charge in [-0.05, 0) is 0 Å². The molecule has 19 heavy (non-hydrogen) atoms. The minimum absolute atomic E-state index is 0.0666. The molecule has 1 unspecified atom stereocenters. The lowest BCUT2D eigenvalue weighted by Crippen LogP contribution is -2.53. The second kappa shape index (κ2) is 6.65. The average Bonchev–Trinajstić information content (AvgIpc) is 2.45. The molecule has 0 aliphatic carbocycles. The summed E-state index contributed by atoms with van der Waals surface area (Å²) >= 11 is 5.97. The summed E-state index contributed by atoms with van der Waals surface area (Å²) in [6.45, 7) is 1.67. The largest absolute Gasteiger partial charge is 0.468 e. The van der Waals surface area contributed by atoms with Gasteiger partial charge in [0.25, 0.3) is 0 Å². The first kappa shape index (κ1) is 14.0. The zero-order valence-electron chi connectivity index (χ0n) is 10.5. The van der Waals surface area contributed by atoms with E-state index in [1.54, 1.807) is 17.3 Å². The third-order valence-electron chi connectivity index (χ3n) is 2.68. The smallest absolute Gasteiger partial charge is 0.327 e. The van der Waals surface area contributed by atoms with E-state index in [4.69, 9.17) is 21.1 Å². The summed E-state index contributed by atoms with van der Waals surface area (Å²) in [6, 6.07) is 1.72. The van der Waals surface area contributed by atoms with Gasteiger partial charge in [0.1, 0.15) is 24.3 Å². The molecule has 1 atom stereocenters. The van der Waals surface area contributed by atoms with Crippen molar-refractivity contribution in [3.8, 4) is 0 Å². The number of carbonyl (C=O) groups is 1. The lowest BCUT2D eigenvalue weighted by atomic mass is 10.4. The molecule has 0 aromatic carbocycles. The SMILES string of the molecule is COC(=O)CN(c1ccncn1)N1CCOC(Cl)C1. The Labute approximate surface area is 116 Å². The van der Waals surface area contributed by atoms with Crippen molar-refractivity contribution >= 4 is 23.4 Å². The lowest BCUT2D eigenvalue weighted by molar-refractivity contribution is -0.139. The number of halogens is 1. The van der Waals surface area contributed by atoms with Crippen LogP contribution in [0.3, 0.4) is 0 Å². The first-order valence-corrected chi connectivity index (χ1v) is 6.25. The van der Waals surface area contributed by atoms with E-state index in [1.807, 2.05) is 5.01 Å². The number of rotatable bonds is 4. The van der Waals surface area contributed by atoms with Gasteiger partial charge in [-0.3, -0.25) is 9.80 Å². The van der Waals surface area contributed by atoms with Gasteiger partial charge in [-0.2, -0.15) is 0 Å². The Morgan fingerprint density at radius 3 is 3.21 bits per heavy atom. The monoisotopic (exact) mass is 286 g/mol. The molecule has 1 aromatic heterocycles. The van der Waals surface area contributed by atoms with Crippen molar-refractivity contribution in [2.45, 2.75) is 5.56 Å². The number of hydrogen-bond donors (Lipinski definition) is 0. The Balaban J connectivity index is 2.16. The molecule has 1 aliphatic heterocycles. The molecule has 0 saturated carbocycles. The number of alkyl halides is 1. The van der Waals surface area contributed by atoms with E-state index in [9.17, 15) is 4.79 Å². The number of aromatic nitrogens is 2. The van der Waals surface area contributed by atoms with Crippen LogP contribution in [0.5, 0.6) is 0 Å². The summed E-state index contributed by atoms with van der Waals surface area (Å²) < 4.78 is 9.98. The van der Waals surface area contributed by atoms with Gasteiger partial charge in [-0.15, -0.1) is 0 Å². The maximum absolute atomic E-state index is 11.5. The molecule has 0 bridgehead atoms. The molecule has 0 spiro atoms. The van der Waals surface area contributed by atoms with Crippen LogP contribution in [-0.4, -0.2) is 59.9 Å². The molecular weight excluding hydrogens is 272 g/mol. The number of ether oxygens (including phenoxy) is 2. The summed E-state index contributed by atoms with van der Waals surface area (Å²) in [4.78, 5) is 19.5. The van der Waals surface area contributed by atoms with Crippen LogP contribution < -0.4 is 5.01 Å². The molecule has 0 N–H and O–H groups in total. The highest BCUT2D eigenvalue weighted by atomic mass is 35.5. The fourth-order valence-corrected chi connectivity index (χ4v) is 2.01. The van der Waals surface area contributed by atoms with E-state index in [1.165, 1.54) is 13.4 Å². The van der Waals surface area contributed by atoms with Crippen molar-refractivity contribution in [3.05, 3.63) is 18.6 Å². The Morgan fingerprint density at radius 2 is 2.58 bits per heavy atom. The molecular formula is C11H15ClN4O3. The van der Waals surface area contributed by atoms with Gasteiger partial charge in [-0.1, -0.05) is 11.6 Å². The maximum atomic E-state index is 11.5. The standard InChI is InChI=1S/C11H15ClN4O3/c1-18-11(17)7-16(10-2-3-13-8-14-10)15-4-5-19-9(12)6-15/h2-3,8-9H,4-7H2,1H3. The number of anilines is 1. The minimum atomic E-state index is -0.407. The van der Waals surface area contributed by atoms with Crippen molar-refractivity contribution in [1.82, 2.24) is 15.0 Å². The van der Waals surface area contributed by atoms with Crippen LogP contribution >= 0.6 is 11.6 Å². The molecule has 1 saturated heterocycles. The molecule has 7 nitrogen and oxygen atoms in total. The second-order valence-corrected chi connectivity index (χ2v) is 4.38. The molecule has 1 aromatic rings. The van der Waals surface area contributed by atoms with Gasteiger partial charge in [0.15, 0.2) is 0 Å². The zero-order valence-corrected chi connectivity index (χ0v) is 11.3. The lowest BCUT2D eigenvalue weighted by Gasteiger charge is -2.38. The van der Waals surface area contributed by atoms with Crippen LogP contribution in [0.4, 0.5) is 5.82 Å². The van der Waals surface area contributed by atoms with E-state index < -0.39 is 5.56 Å². The fourth-order valence-electron chi connectivity index (χ4n) is 1.76. The summed E-state index contributed by atoms with van der Waals surface area (Å²) in [5, 5.41) is 3.64. The van der Waals surface area contributed by atoms with Crippen molar-refractivity contribution in [1.29, 1.82) is 0 Å². The number of carbonyl (C=O) groups excluding carboxylic acids is 1. The van der Waals surface area contributed by atoms with Crippen LogP contribution in [0.25, 0.3) is 0 Å². The molecule has 2 rings (SSSR count). The van der Waals surface area contributed by atoms with E-state index in [2.05, 4.69) is 9.97 Å². The third kappa shape index (κ3) is 3.76. The Kier molecular flexibility index (Phi) is 4.89. The van der Waals surface area contributed by atoms with E-state index >= 15 is 0 Å². The van der Waals surface area contributed by atoms with Gasteiger partial charge in [0, 0.05) is 18.8 Å². The van der Waals surface area contributed by atoms with Crippen LogP contribution in [0.15, 0.2) is 18.6 Å². The first-order chi connectivity index (χ1) is 9.20. The number of methoxy groups -OCH3 is 1. The van der Waals surface area contributed by atoms with Crippen LogP contribution in [0, 0.1) is 0 Å². The van der Waals surface area contributed by atoms with E-state index in [-0.39, 0.29) is 12.5 Å². The van der Waals surface area contributed by atoms with Gasteiger partial charge in [-0.25, -0.2) is 15.0 Å². The molecule has 2 heterocycles. The van der Waals surface area contributed by atoms with Crippen LogP contribution in [0.1, 0.15) is 0 Å². The topological polar surface area (TPSA) is 67.8 Å². The molecule has 104 valence electrons. The molecule has 0 radical (unpaired) electrons. The van der Waals surface area contributed by atoms with Crippen molar-refractivity contribution < 1.29 is 14.3 Å². The summed E-state index contributed by atoms with van der Waals surface area (Å²) in [7, 11) is 1.35. The number of hydrogen-bond acceptors (Lipinski definition) is 7. The van der Waals surface area contributed by atoms with E-state index in [0.717, 1.165) is 0 Å². The van der Waals surface area contributed by atoms with Gasteiger partial charge >= 0.3 is 5.97 Å². The quantitative estimate of drug-likeness (QED) is 0.581. The van der Waals surface area contributed by atoms with Crippen LogP contribution in [0.2, 0.25) is 0 Å². The molecule has 1 aliphatic rings. The van der Waals surface area contributed by atoms with Crippen LogP contribution in [-0.2, 0) is 14.3 Å². The first-order valence-electron chi connectivity index (χ1n) is 5.81. The Bertz CT molecular complexity index is 420. The Hall–Kier alpha value is -1.44. The van der Waals surface area contributed by atoms with Crippen molar-refractivity contribution in [2.75, 3.05) is 38.4 Å². The van der Waals surface area contributed by atoms with Gasteiger partial charge in [0.2, 0.25) is 0 Å².